The fourth-order valence-corrected chi connectivity index (χ4v) is 3.28. The molecule has 0 unspecified atom stereocenters. The van der Waals surface area contributed by atoms with Gasteiger partial charge in [0, 0.05) is 25.2 Å². The normalized spacial score (nSPS) is 18.5. The Morgan fingerprint density at radius 3 is 3.09 bits per heavy atom. The Bertz CT molecular complexity index is 632. The van der Waals surface area contributed by atoms with E-state index < -0.39 is 0 Å². The van der Waals surface area contributed by atoms with Crippen LogP contribution in [0.2, 0.25) is 0 Å². The highest BCUT2D eigenvalue weighted by Crippen LogP contribution is 2.19. The van der Waals surface area contributed by atoms with Gasteiger partial charge >= 0.3 is 0 Å². The van der Waals surface area contributed by atoms with E-state index >= 15 is 0 Å². The second-order valence-electron chi connectivity index (χ2n) is 5.56. The van der Waals surface area contributed by atoms with Crippen LogP contribution in [0.4, 0.5) is 4.39 Å². The smallest absolute Gasteiger partial charge is 0.263 e. The number of likely N-dealkylation sites (tertiary alicyclic amines) is 1. The van der Waals surface area contributed by atoms with E-state index in [9.17, 15) is 9.18 Å². The van der Waals surface area contributed by atoms with Gasteiger partial charge in [-0.2, -0.15) is 0 Å². The number of halogens is 1. The first-order valence-corrected chi connectivity index (χ1v) is 8.23. The molecule has 2 aromatic rings. The number of thiazole rings is 1. The number of hydrogen-bond donors (Lipinski definition) is 1. The minimum Gasteiger partial charge on any atom is -0.351 e. The second kappa shape index (κ2) is 6.98. The van der Waals surface area contributed by atoms with Gasteiger partial charge in [-0.3, -0.25) is 14.7 Å². The molecule has 0 radical (unpaired) electrons. The van der Waals surface area contributed by atoms with Gasteiger partial charge in [-0.15, -0.1) is 11.3 Å². The van der Waals surface area contributed by atoms with Crippen LogP contribution in [-0.2, 0) is 6.54 Å². The van der Waals surface area contributed by atoms with Crippen LogP contribution in [-0.4, -0.2) is 35.4 Å². The van der Waals surface area contributed by atoms with E-state index in [1.807, 2.05) is 12.1 Å². The monoisotopic (exact) mass is 319 g/mol. The molecule has 1 atom stereocenters. The third-order valence-corrected chi connectivity index (χ3v) is 4.70. The van der Waals surface area contributed by atoms with Crippen LogP contribution in [0.5, 0.6) is 0 Å². The quantitative estimate of drug-likeness (QED) is 0.921. The number of amides is 1. The molecule has 1 fully saturated rings. The largest absolute Gasteiger partial charge is 0.351 e. The van der Waals surface area contributed by atoms with Gasteiger partial charge in [0.05, 0.1) is 11.7 Å². The van der Waals surface area contributed by atoms with E-state index in [1.54, 1.807) is 17.8 Å². The Balaban J connectivity index is 1.46. The SMILES string of the molecule is O=C(NC[C@H]1CCN(Cc2ccccc2F)C1)c1cncs1. The second-order valence-corrected chi connectivity index (χ2v) is 6.44. The summed E-state index contributed by atoms with van der Waals surface area (Å²) in [6.07, 6.45) is 2.61. The lowest BCUT2D eigenvalue weighted by Gasteiger charge is -2.16. The summed E-state index contributed by atoms with van der Waals surface area (Å²) in [6, 6.07) is 6.90. The molecule has 1 aliphatic rings. The zero-order chi connectivity index (χ0) is 15.4. The number of nitrogens with one attached hydrogen (secondary N) is 1. The molecule has 1 saturated heterocycles. The predicted octanol–water partition coefficient (Wildman–Crippen LogP) is 2.53. The zero-order valence-corrected chi connectivity index (χ0v) is 13.0. The third-order valence-electron chi connectivity index (χ3n) is 3.93. The van der Waals surface area contributed by atoms with Crippen molar-refractivity contribution in [2.45, 2.75) is 13.0 Å². The summed E-state index contributed by atoms with van der Waals surface area (Å²) in [5.74, 6) is 0.211. The molecule has 0 aliphatic carbocycles. The van der Waals surface area contributed by atoms with Crippen LogP contribution in [0.15, 0.2) is 36.0 Å². The molecule has 2 heterocycles. The van der Waals surface area contributed by atoms with Gasteiger partial charge in [-0.05, 0) is 24.9 Å². The first kappa shape index (κ1) is 15.1. The number of aromatic nitrogens is 1. The van der Waals surface area contributed by atoms with Crippen molar-refractivity contribution in [1.82, 2.24) is 15.2 Å². The molecule has 4 nitrogen and oxygen atoms in total. The minimum atomic E-state index is -0.149. The fraction of sp³-hybridized carbons (Fsp3) is 0.375. The van der Waals surface area contributed by atoms with E-state index in [0.29, 0.717) is 23.9 Å². The van der Waals surface area contributed by atoms with Crippen molar-refractivity contribution < 1.29 is 9.18 Å². The molecule has 116 valence electrons. The Labute approximate surface area is 133 Å². The maximum absolute atomic E-state index is 13.7. The molecule has 1 aromatic carbocycles. The number of benzene rings is 1. The van der Waals surface area contributed by atoms with Crippen LogP contribution < -0.4 is 5.32 Å². The average Bonchev–Trinajstić information content (AvgIpc) is 3.19. The average molecular weight is 319 g/mol. The molecule has 0 saturated carbocycles. The molecule has 1 aliphatic heterocycles. The summed E-state index contributed by atoms with van der Waals surface area (Å²) in [4.78, 5) is 18.7. The zero-order valence-electron chi connectivity index (χ0n) is 12.2. The standard InChI is InChI=1S/C16H18FN3OS/c17-14-4-2-1-3-13(14)10-20-6-5-12(9-20)7-19-16(21)15-8-18-11-22-15/h1-4,8,11-12H,5-7,9-10H2,(H,19,21)/t12-/m1/s1. The first-order chi connectivity index (χ1) is 10.7. The van der Waals surface area contributed by atoms with Gasteiger partial charge in [0.2, 0.25) is 0 Å². The molecule has 22 heavy (non-hydrogen) atoms. The van der Waals surface area contributed by atoms with E-state index in [0.717, 1.165) is 25.1 Å². The number of nitrogens with zero attached hydrogens (tertiary/aromatic N) is 2. The Kier molecular flexibility index (Phi) is 4.80. The van der Waals surface area contributed by atoms with Gasteiger partial charge < -0.3 is 5.32 Å². The first-order valence-electron chi connectivity index (χ1n) is 7.35. The Hall–Kier alpha value is -1.79. The van der Waals surface area contributed by atoms with Crippen molar-refractivity contribution in [1.29, 1.82) is 0 Å². The number of rotatable bonds is 5. The minimum absolute atomic E-state index is 0.0601. The Morgan fingerprint density at radius 1 is 1.45 bits per heavy atom. The highest BCUT2D eigenvalue weighted by Gasteiger charge is 2.23. The summed E-state index contributed by atoms with van der Waals surface area (Å²) >= 11 is 1.34. The molecule has 0 spiro atoms. The topological polar surface area (TPSA) is 45.2 Å². The van der Waals surface area contributed by atoms with Crippen molar-refractivity contribution in [2.75, 3.05) is 19.6 Å². The molecule has 0 bridgehead atoms. The van der Waals surface area contributed by atoms with Crippen molar-refractivity contribution in [3.05, 3.63) is 52.2 Å². The molecular formula is C16H18FN3OS. The lowest BCUT2D eigenvalue weighted by Crippen LogP contribution is -2.30. The van der Waals surface area contributed by atoms with Crippen molar-refractivity contribution >= 4 is 17.2 Å². The van der Waals surface area contributed by atoms with E-state index in [2.05, 4.69) is 15.2 Å². The van der Waals surface area contributed by atoms with Crippen LogP contribution in [0.25, 0.3) is 0 Å². The van der Waals surface area contributed by atoms with Gasteiger partial charge in [0.25, 0.3) is 5.91 Å². The summed E-state index contributed by atoms with van der Waals surface area (Å²) < 4.78 is 13.7. The van der Waals surface area contributed by atoms with Crippen LogP contribution in [0.1, 0.15) is 21.7 Å². The third kappa shape index (κ3) is 3.69. The maximum atomic E-state index is 13.7. The molecule has 6 heteroatoms. The van der Waals surface area contributed by atoms with Crippen molar-refractivity contribution in [3.63, 3.8) is 0 Å². The summed E-state index contributed by atoms with van der Waals surface area (Å²) in [5.41, 5.74) is 2.39. The van der Waals surface area contributed by atoms with Gasteiger partial charge in [0.1, 0.15) is 10.7 Å². The lowest BCUT2D eigenvalue weighted by atomic mass is 10.1. The highest BCUT2D eigenvalue weighted by molar-refractivity contribution is 7.11. The Morgan fingerprint density at radius 2 is 2.32 bits per heavy atom. The molecular weight excluding hydrogens is 301 g/mol. The summed E-state index contributed by atoms with van der Waals surface area (Å²) in [6.45, 7) is 3.11. The summed E-state index contributed by atoms with van der Waals surface area (Å²) in [7, 11) is 0. The number of carbonyl (C=O) groups excluding carboxylic acids is 1. The highest BCUT2D eigenvalue weighted by atomic mass is 32.1. The number of carbonyl (C=O) groups is 1. The summed E-state index contributed by atoms with van der Waals surface area (Å²) in [5, 5.41) is 2.95. The molecule has 1 aromatic heterocycles. The lowest BCUT2D eigenvalue weighted by molar-refractivity contribution is 0.0951. The van der Waals surface area contributed by atoms with Gasteiger partial charge in [-0.25, -0.2) is 4.39 Å². The van der Waals surface area contributed by atoms with E-state index in [4.69, 9.17) is 0 Å². The van der Waals surface area contributed by atoms with Gasteiger partial charge in [0.15, 0.2) is 0 Å². The predicted molar refractivity (Wildman–Crippen MR) is 84.2 cm³/mol. The van der Waals surface area contributed by atoms with E-state index in [-0.39, 0.29) is 11.7 Å². The van der Waals surface area contributed by atoms with Crippen molar-refractivity contribution in [3.8, 4) is 0 Å². The molecule has 1 N–H and O–H groups in total. The van der Waals surface area contributed by atoms with E-state index in [1.165, 1.54) is 17.4 Å². The molecule has 3 rings (SSSR count). The van der Waals surface area contributed by atoms with Crippen LogP contribution >= 0.6 is 11.3 Å². The number of hydrogen-bond acceptors (Lipinski definition) is 4. The van der Waals surface area contributed by atoms with Crippen molar-refractivity contribution in [2.24, 2.45) is 5.92 Å². The fourth-order valence-electron chi connectivity index (χ4n) is 2.74. The van der Waals surface area contributed by atoms with Crippen LogP contribution in [0, 0.1) is 11.7 Å². The maximum Gasteiger partial charge on any atom is 0.263 e. The van der Waals surface area contributed by atoms with Crippen LogP contribution in [0.3, 0.4) is 0 Å². The van der Waals surface area contributed by atoms with Gasteiger partial charge in [-0.1, -0.05) is 18.2 Å². The molecule has 1 amide bonds.